The van der Waals surface area contributed by atoms with E-state index in [0.717, 1.165) is 6.42 Å². The topological polar surface area (TPSA) is 113 Å². The van der Waals surface area contributed by atoms with Crippen LogP contribution in [-0.2, 0) is 9.59 Å². The van der Waals surface area contributed by atoms with E-state index in [-0.39, 0.29) is 47.9 Å². The maximum absolute atomic E-state index is 13.3. The molecule has 1 heterocycles. The van der Waals surface area contributed by atoms with Gasteiger partial charge < -0.3 is 19.7 Å². The number of hydrogen-bond donors (Lipinski definition) is 2. The Hall–Kier alpha value is -3.23. The van der Waals surface area contributed by atoms with Gasteiger partial charge in [-0.15, -0.1) is 0 Å². The second kappa shape index (κ2) is 7.65. The van der Waals surface area contributed by atoms with Crippen molar-refractivity contribution in [3.63, 3.8) is 0 Å². The lowest BCUT2D eigenvalue weighted by atomic mass is 9.57. The van der Waals surface area contributed by atoms with Crippen molar-refractivity contribution >= 4 is 23.3 Å². The molecule has 0 aromatic heterocycles. The summed E-state index contributed by atoms with van der Waals surface area (Å²) in [5.41, 5.74) is 0.931. The summed E-state index contributed by atoms with van der Waals surface area (Å²) in [6.45, 7) is -0.153. The Morgan fingerprint density at radius 2 is 1.41 bits per heavy atom. The maximum atomic E-state index is 13.3. The van der Waals surface area contributed by atoms with Crippen molar-refractivity contribution in [2.45, 2.75) is 18.6 Å². The predicted molar refractivity (Wildman–Crippen MR) is 119 cm³/mol. The average molecular weight is 463 g/mol. The van der Waals surface area contributed by atoms with Gasteiger partial charge in [0.05, 0.1) is 36.8 Å². The van der Waals surface area contributed by atoms with E-state index in [2.05, 4.69) is 0 Å². The minimum absolute atomic E-state index is 0.153. The smallest absolute Gasteiger partial charge is 0.238 e. The first-order valence-electron chi connectivity index (χ1n) is 11.5. The van der Waals surface area contributed by atoms with Crippen LogP contribution in [0.15, 0.2) is 48.5 Å². The maximum Gasteiger partial charge on any atom is 0.238 e. The standard InChI is InChI=1S/C26H25NO7/c1-33-14-6-2-12(3-7-14)18(28)11-34-15-8-4-13(5-9-15)27-25(31)21-19-16-10-17(16)20(22(21)26(27)32)24(30)23(19)29/h2-9,16-17,19-24,29-30H,10-11H2,1H3/t16-,17+,19-,20+,21-,22+,23-,24-/m0/s1. The molecule has 0 radical (unpaired) electrons. The van der Waals surface area contributed by atoms with Gasteiger partial charge in [-0.3, -0.25) is 19.3 Å². The second-order valence-corrected chi connectivity index (χ2v) is 9.70. The predicted octanol–water partition coefficient (Wildman–Crippen LogP) is 1.68. The molecule has 2 aromatic carbocycles. The SMILES string of the molecule is COc1ccc(C(=O)COc2ccc(N3C(=O)[C@@H]4[C@H](C3=O)[C@@H]3[C@H](O)[C@@H](O)[C@H]4[C@H]4C[C@H]43)cc2)cc1. The summed E-state index contributed by atoms with van der Waals surface area (Å²) in [6, 6.07) is 13.2. The van der Waals surface area contributed by atoms with Crippen LogP contribution in [0.2, 0.25) is 0 Å². The molecule has 4 saturated carbocycles. The van der Waals surface area contributed by atoms with Crippen molar-refractivity contribution in [2.24, 2.45) is 35.5 Å². The van der Waals surface area contributed by atoms with Gasteiger partial charge in [0, 0.05) is 17.4 Å². The number of carbonyl (C=O) groups excluding carboxylic acids is 3. The number of aliphatic hydroxyl groups is 2. The number of imide groups is 1. The number of Topliss-reactive ketones (excluding diaryl/α,β-unsaturated/α-hetero) is 1. The number of fused-ring (bicyclic) bond motifs is 1. The highest BCUT2D eigenvalue weighted by molar-refractivity contribution is 6.22. The van der Waals surface area contributed by atoms with Gasteiger partial charge >= 0.3 is 0 Å². The van der Waals surface area contributed by atoms with Crippen LogP contribution in [0.5, 0.6) is 11.5 Å². The summed E-state index contributed by atoms with van der Waals surface area (Å²) >= 11 is 0. The van der Waals surface area contributed by atoms with Crippen LogP contribution in [0.1, 0.15) is 16.8 Å². The second-order valence-electron chi connectivity index (χ2n) is 9.70. The molecular weight excluding hydrogens is 438 g/mol. The fourth-order valence-corrected chi connectivity index (χ4v) is 6.52. The van der Waals surface area contributed by atoms with Crippen molar-refractivity contribution < 1.29 is 34.1 Å². The lowest BCUT2D eigenvalue weighted by molar-refractivity contribution is -0.170. The number of carbonyl (C=O) groups is 3. The molecule has 8 heteroatoms. The molecule has 5 fully saturated rings. The van der Waals surface area contributed by atoms with E-state index in [0.29, 0.717) is 22.7 Å². The number of methoxy groups -OCH3 is 1. The molecule has 176 valence electrons. The molecule has 0 unspecified atom stereocenters. The first-order valence-corrected chi connectivity index (χ1v) is 11.5. The molecule has 2 aromatic rings. The van der Waals surface area contributed by atoms with Crippen LogP contribution in [0.4, 0.5) is 5.69 Å². The first kappa shape index (κ1) is 21.3. The van der Waals surface area contributed by atoms with Gasteiger partial charge in [0.2, 0.25) is 11.8 Å². The number of rotatable bonds is 6. The monoisotopic (exact) mass is 463 g/mol. The van der Waals surface area contributed by atoms with E-state index in [1.165, 1.54) is 4.90 Å². The Morgan fingerprint density at radius 3 is 1.94 bits per heavy atom. The summed E-state index contributed by atoms with van der Waals surface area (Å²) in [5, 5.41) is 21.1. The lowest BCUT2D eigenvalue weighted by Crippen LogP contribution is -2.59. The minimum atomic E-state index is -0.953. The number of benzene rings is 2. The zero-order valence-corrected chi connectivity index (χ0v) is 18.5. The van der Waals surface area contributed by atoms with Crippen LogP contribution in [-0.4, -0.2) is 53.7 Å². The van der Waals surface area contributed by atoms with Crippen molar-refractivity contribution in [1.82, 2.24) is 0 Å². The Labute approximate surface area is 196 Å². The fraction of sp³-hybridized carbons (Fsp3) is 0.423. The summed E-state index contributed by atoms with van der Waals surface area (Å²) in [7, 11) is 1.56. The largest absolute Gasteiger partial charge is 0.497 e. The molecule has 1 aliphatic heterocycles. The van der Waals surface area contributed by atoms with E-state index in [9.17, 15) is 24.6 Å². The van der Waals surface area contributed by atoms with Gasteiger partial charge in [-0.2, -0.15) is 0 Å². The average Bonchev–Trinajstić information content (AvgIpc) is 3.61. The van der Waals surface area contributed by atoms with E-state index >= 15 is 0 Å². The summed E-state index contributed by atoms with van der Waals surface area (Å²) in [5.74, 6) is -1.11. The molecule has 2 bridgehead atoms. The minimum Gasteiger partial charge on any atom is -0.497 e. The third kappa shape index (κ3) is 3.02. The van der Waals surface area contributed by atoms with E-state index < -0.39 is 24.0 Å². The van der Waals surface area contributed by atoms with E-state index in [1.54, 1.807) is 55.6 Å². The first-order chi connectivity index (χ1) is 16.4. The van der Waals surface area contributed by atoms with Gasteiger partial charge in [0.1, 0.15) is 11.5 Å². The Morgan fingerprint density at radius 1 is 0.882 bits per heavy atom. The number of amides is 2. The third-order valence-electron chi connectivity index (χ3n) is 8.12. The molecule has 2 amide bonds. The Kier molecular flexibility index (Phi) is 4.79. The molecule has 7 rings (SSSR count). The van der Waals surface area contributed by atoms with Crippen LogP contribution in [0.25, 0.3) is 0 Å². The number of aliphatic hydroxyl groups excluding tert-OH is 2. The van der Waals surface area contributed by atoms with Crippen molar-refractivity contribution in [3.8, 4) is 11.5 Å². The van der Waals surface area contributed by atoms with E-state index in [4.69, 9.17) is 9.47 Å². The molecule has 1 saturated heterocycles. The molecule has 8 atom stereocenters. The molecule has 8 nitrogen and oxygen atoms in total. The summed E-state index contributed by atoms with van der Waals surface area (Å²) in [4.78, 5) is 40.1. The quantitative estimate of drug-likeness (QED) is 0.495. The highest BCUT2D eigenvalue weighted by Crippen LogP contribution is 2.68. The van der Waals surface area contributed by atoms with Crippen LogP contribution in [0.3, 0.4) is 0 Å². The Bertz CT molecular complexity index is 1120. The third-order valence-corrected chi connectivity index (χ3v) is 8.12. The molecule has 5 aliphatic rings. The molecule has 4 aliphatic carbocycles. The zero-order valence-electron chi connectivity index (χ0n) is 18.5. The zero-order chi connectivity index (χ0) is 23.7. The van der Waals surface area contributed by atoms with Crippen LogP contribution in [0, 0.1) is 35.5 Å². The van der Waals surface area contributed by atoms with Gasteiger partial charge in [-0.25, -0.2) is 0 Å². The summed E-state index contributed by atoms with van der Waals surface area (Å²) < 4.78 is 10.7. The number of ketones is 1. The van der Waals surface area contributed by atoms with Crippen LogP contribution >= 0.6 is 0 Å². The summed E-state index contributed by atoms with van der Waals surface area (Å²) in [6.07, 6.45) is -1.03. The van der Waals surface area contributed by atoms with E-state index in [1.807, 2.05) is 0 Å². The molecule has 34 heavy (non-hydrogen) atoms. The number of ether oxygens (including phenoxy) is 2. The normalized spacial score (nSPS) is 35.1. The van der Waals surface area contributed by atoms with Crippen LogP contribution < -0.4 is 14.4 Å². The van der Waals surface area contributed by atoms with Gasteiger partial charge in [-0.1, -0.05) is 0 Å². The van der Waals surface area contributed by atoms with Gasteiger partial charge in [-0.05, 0) is 66.8 Å². The molecular formula is C26H25NO7. The van der Waals surface area contributed by atoms with Crippen molar-refractivity contribution in [3.05, 3.63) is 54.1 Å². The van der Waals surface area contributed by atoms with Crippen molar-refractivity contribution in [1.29, 1.82) is 0 Å². The fourth-order valence-electron chi connectivity index (χ4n) is 6.52. The highest BCUT2D eigenvalue weighted by Gasteiger charge is 2.73. The van der Waals surface area contributed by atoms with Crippen molar-refractivity contribution in [2.75, 3.05) is 18.6 Å². The van der Waals surface area contributed by atoms with Gasteiger partial charge in [0.15, 0.2) is 12.4 Å². The molecule has 0 spiro atoms. The number of nitrogens with zero attached hydrogens (tertiary/aromatic N) is 1. The number of anilines is 1. The van der Waals surface area contributed by atoms with Gasteiger partial charge in [0.25, 0.3) is 0 Å². The Balaban J connectivity index is 1.16. The highest BCUT2D eigenvalue weighted by atomic mass is 16.5. The molecule has 2 N–H and O–H groups in total. The lowest BCUT2D eigenvalue weighted by Gasteiger charge is -2.48. The number of hydrogen-bond acceptors (Lipinski definition) is 7.